The van der Waals surface area contributed by atoms with E-state index in [1.165, 1.54) is 0 Å². The molecule has 3 nitrogen and oxygen atoms in total. The Morgan fingerprint density at radius 2 is 2.05 bits per heavy atom. The number of hydrogen-bond donors (Lipinski definition) is 1. The fraction of sp³-hybridized carbons (Fsp3) is 0.357. The third-order valence-electron chi connectivity index (χ3n) is 3.00. The van der Waals surface area contributed by atoms with Crippen molar-refractivity contribution in [3.8, 4) is 0 Å². The maximum Gasteiger partial charge on any atom is 0.126 e. The van der Waals surface area contributed by atoms with Crippen LogP contribution in [0.3, 0.4) is 0 Å². The molecule has 0 saturated heterocycles. The number of aromatic nitrogens is 2. The fourth-order valence-corrected chi connectivity index (χ4v) is 2.10. The third-order valence-corrected chi connectivity index (χ3v) is 3.00. The molecule has 0 aliphatic carbocycles. The molecule has 0 bridgehead atoms. The zero-order valence-corrected chi connectivity index (χ0v) is 10.9. The van der Waals surface area contributed by atoms with Gasteiger partial charge in [-0.15, -0.1) is 0 Å². The van der Waals surface area contributed by atoms with Gasteiger partial charge in [-0.05, 0) is 43.7 Å². The molecule has 2 rings (SSSR count). The van der Waals surface area contributed by atoms with Crippen molar-refractivity contribution in [3.05, 3.63) is 52.9 Å². The van der Waals surface area contributed by atoms with E-state index in [-0.39, 0.29) is 12.0 Å². The highest BCUT2D eigenvalue weighted by Crippen LogP contribution is 2.21. The lowest BCUT2D eigenvalue weighted by molar-refractivity contribution is 0.165. The summed E-state index contributed by atoms with van der Waals surface area (Å²) in [5.41, 5.74) is 1.56. The molecule has 0 radical (unpaired) electrons. The molecule has 2 aromatic rings. The van der Waals surface area contributed by atoms with Crippen molar-refractivity contribution >= 4 is 0 Å². The quantitative estimate of drug-likeness (QED) is 0.924. The van der Waals surface area contributed by atoms with Gasteiger partial charge in [0.25, 0.3) is 0 Å². The lowest BCUT2D eigenvalue weighted by atomic mass is 10.0. The Bertz CT molecular complexity index is 581. The number of halogens is 2. The van der Waals surface area contributed by atoms with Crippen molar-refractivity contribution in [2.75, 3.05) is 0 Å². The molecule has 1 aromatic carbocycles. The smallest absolute Gasteiger partial charge is 0.126 e. The highest BCUT2D eigenvalue weighted by Gasteiger charge is 2.17. The molecule has 0 aliphatic rings. The van der Waals surface area contributed by atoms with Gasteiger partial charge in [0.2, 0.25) is 0 Å². The van der Waals surface area contributed by atoms with Crippen molar-refractivity contribution in [2.24, 2.45) is 0 Å². The number of aliphatic hydroxyl groups is 1. The Morgan fingerprint density at radius 1 is 1.32 bits per heavy atom. The van der Waals surface area contributed by atoms with Crippen LogP contribution in [0.5, 0.6) is 0 Å². The molecule has 1 N–H and O–H groups in total. The second kappa shape index (κ2) is 5.48. The summed E-state index contributed by atoms with van der Waals surface area (Å²) in [5.74, 6) is -1.02. The number of rotatable bonds is 4. The zero-order chi connectivity index (χ0) is 14.0. The summed E-state index contributed by atoms with van der Waals surface area (Å²) in [6.07, 6.45) is -0.883. The molecule has 0 aliphatic heterocycles. The SMILES string of the molecule is CCn1nc(C)cc1C(O)Cc1cc(F)ccc1F. The van der Waals surface area contributed by atoms with Crippen LogP contribution in [0.4, 0.5) is 8.78 Å². The van der Waals surface area contributed by atoms with Crippen LogP contribution in [0.15, 0.2) is 24.3 Å². The largest absolute Gasteiger partial charge is 0.386 e. The van der Waals surface area contributed by atoms with Crippen molar-refractivity contribution in [2.45, 2.75) is 32.9 Å². The molecule has 1 atom stereocenters. The van der Waals surface area contributed by atoms with E-state index < -0.39 is 17.7 Å². The van der Waals surface area contributed by atoms with Gasteiger partial charge in [0.05, 0.1) is 17.5 Å². The van der Waals surface area contributed by atoms with E-state index in [9.17, 15) is 13.9 Å². The van der Waals surface area contributed by atoms with Crippen LogP contribution in [0.1, 0.15) is 30.0 Å². The summed E-state index contributed by atoms with van der Waals surface area (Å²) in [7, 11) is 0. The van der Waals surface area contributed by atoms with Crippen molar-refractivity contribution in [1.29, 1.82) is 0 Å². The lowest BCUT2D eigenvalue weighted by Gasteiger charge is -2.13. The van der Waals surface area contributed by atoms with Crippen molar-refractivity contribution < 1.29 is 13.9 Å². The topological polar surface area (TPSA) is 38.0 Å². The highest BCUT2D eigenvalue weighted by atomic mass is 19.1. The van der Waals surface area contributed by atoms with E-state index in [1.807, 2.05) is 13.8 Å². The van der Waals surface area contributed by atoms with Gasteiger partial charge < -0.3 is 5.11 Å². The molecule has 1 aromatic heterocycles. The van der Waals surface area contributed by atoms with Gasteiger partial charge in [0, 0.05) is 13.0 Å². The standard InChI is InChI=1S/C14H16F2N2O/c1-3-18-13(6-9(2)17-18)14(19)8-10-7-11(15)4-5-12(10)16/h4-7,14,19H,3,8H2,1-2H3. The van der Waals surface area contributed by atoms with Crippen LogP contribution >= 0.6 is 0 Å². The van der Waals surface area contributed by atoms with Gasteiger partial charge in [-0.3, -0.25) is 4.68 Å². The Balaban J connectivity index is 2.25. The van der Waals surface area contributed by atoms with Gasteiger partial charge in [-0.2, -0.15) is 5.10 Å². The minimum absolute atomic E-state index is 0.0225. The molecule has 0 fully saturated rings. The molecule has 5 heteroatoms. The second-order valence-corrected chi connectivity index (χ2v) is 4.48. The Labute approximate surface area is 110 Å². The van der Waals surface area contributed by atoms with Crippen molar-refractivity contribution in [3.63, 3.8) is 0 Å². The maximum atomic E-state index is 13.5. The summed E-state index contributed by atoms with van der Waals surface area (Å²) in [6, 6.07) is 4.99. The molecule has 102 valence electrons. The predicted octanol–water partition coefficient (Wildman–Crippen LogP) is 2.77. The van der Waals surface area contributed by atoms with Crippen LogP contribution in [-0.4, -0.2) is 14.9 Å². The van der Waals surface area contributed by atoms with E-state index in [0.29, 0.717) is 12.2 Å². The maximum absolute atomic E-state index is 13.5. The van der Waals surface area contributed by atoms with Gasteiger partial charge in [-0.25, -0.2) is 8.78 Å². The van der Waals surface area contributed by atoms with E-state index >= 15 is 0 Å². The molecule has 0 spiro atoms. The summed E-state index contributed by atoms with van der Waals surface area (Å²) in [4.78, 5) is 0. The first kappa shape index (κ1) is 13.7. The first-order valence-electron chi connectivity index (χ1n) is 6.17. The Kier molecular flexibility index (Phi) is 3.95. The van der Waals surface area contributed by atoms with E-state index in [0.717, 1.165) is 23.9 Å². The Morgan fingerprint density at radius 3 is 2.74 bits per heavy atom. The van der Waals surface area contributed by atoms with Gasteiger partial charge in [0.15, 0.2) is 0 Å². The fourth-order valence-electron chi connectivity index (χ4n) is 2.10. The van der Waals surface area contributed by atoms with Gasteiger partial charge >= 0.3 is 0 Å². The molecule has 1 heterocycles. The van der Waals surface area contributed by atoms with Crippen LogP contribution in [0.25, 0.3) is 0 Å². The molecular formula is C14H16F2N2O. The predicted molar refractivity (Wildman–Crippen MR) is 67.7 cm³/mol. The van der Waals surface area contributed by atoms with Crippen LogP contribution < -0.4 is 0 Å². The normalized spacial score (nSPS) is 12.7. The van der Waals surface area contributed by atoms with E-state index in [2.05, 4.69) is 5.10 Å². The number of aliphatic hydroxyl groups excluding tert-OH is 1. The highest BCUT2D eigenvalue weighted by molar-refractivity contribution is 5.22. The summed E-state index contributed by atoms with van der Waals surface area (Å²) >= 11 is 0. The van der Waals surface area contributed by atoms with E-state index in [1.54, 1.807) is 10.7 Å². The minimum atomic E-state index is -0.905. The average Bonchev–Trinajstić information content (AvgIpc) is 2.75. The molecule has 1 unspecified atom stereocenters. The lowest BCUT2D eigenvalue weighted by Crippen LogP contribution is -2.11. The zero-order valence-electron chi connectivity index (χ0n) is 10.9. The molecular weight excluding hydrogens is 250 g/mol. The van der Waals surface area contributed by atoms with Gasteiger partial charge in [-0.1, -0.05) is 0 Å². The molecule has 0 saturated carbocycles. The number of hydrogen-bond acceptors (Lipinski definition) is 2. The molecule has 19 heavy (non-hydrogen) atoms. The average molecular weight is 266 g/mol. The summed E-state index contributed by atoms with van der Waals surface area (Å²) in [6.45, 7) is 4.35. The van der Waals surface area contributed by atoms with Crippen LogP contribution in [0.2, 0.25) is 0 Å². The van der Waals surface area contributed by atoms with Crippen LogP contribution in [-0.2, 0) is 13.0 Å². The van der Waals surface area contributed by atoms with Crippen molar-refractivity contribution in [1.82, 2.24) is 9.78 Å². The second-order valence-electron chi connectivity index (χ2n) is 4.48. The first-order valence-corrected chi connectivity index (χ1v) is 6.17. The van der Waals surface area contributed by atoms with Gasteiger partial charge in [0.1, 0.15) is 11.6 Å². The summed E-state index contributed by atoms with van der Waals surface area (Å²) < 4.78 is 28.3. The molecule has 0 amide bonds. The number of nitrogens with zero attached hydrogens (tertiary/aromatic N) is 2. The number of benzene rings is 1. The number of aryl methyl sites for hydroxylation is 2. The Hall–Kier alpha value is -1.75. The minimum Gasteiger partial charge on any atom is -0.386 e. The van der Waals surface area contributed by atoms with E-state index in [4.69, 9.17) is 0 Å². The summed E-state index contributed by atoms with van der Waals surface area (Å²) in [5, 5.41) is 14.4. The van der Waals surface area contributed by atoms with Crippen LogP contribution in [0, 0.1) is 18.6 Å². The first-order chi connectivity index (χ1) is 9.01. The monoisotopic (exact) mass is 266 g/mol. The third kappa shape index (κ3) is 2.98.